The molecule has 1 N–H and O–H groups in total. The number of rotatable bonds is 4. The molecule has 2 aliphatic rings. The molecule has 0 aromatic rings. The summed E-state index contributed by atoms with van der Waals surface area (Å²) in [6.07, 6.45) is 2.26. The molecule has 3 unspecified atom stereocenters. The first-order valence-electron chi connectivity index (χ1n) is 8.02. The van der Waals surface area contributed by atoms with Crippen LogP contribution in [0.15, 0.2) is 0 Å². The van der Waals surface area contributed by atoms with E-state index in [9.17, 15) is 13.2 Å². The maximum absolute atomic E-state index is 13.0. The molecule has 1 saturated carbocycles. The highest BCUT2D eigenvalue weighted by molar-refractivity contribution is 4.87. The van der Waals surface area contributed by atoms with Gasteiger partial charge in [-0.15, -0.1) is 0 Å². The molecule has 2 fully saturated rings. The molecule has 3 atom stereocenters. The molecule has 0 radical (unpaired) electrons. The lowest BCUT2D eigenvalue weighted by Gasteiger charge is -2.37. The zero-order chi connectivity index (χ0) is 14.6. The van der Waals surface area contributed by atoms with Crippen molar-refractivity contribution in [3.63, 3.8) is 0 Å². The third-order valence-corrected chi connectivity index (χ3v) is 4.67. The maximum Gasteiger partial charge on any atom is 0.393 e. The first-order chi connectivity index (χ1) is 9.47. The largest absolute Gasteiger partial charge is 0.393 e. The van der Waals surface area contributed by atoms with E-state index in [0.29, 0.717) is 12.8 Å². The van der Waals surface area contributed by atoms with Crippen molar-refractivity contribution in [3.05, 3.63) is 0 Å². The van der Waals surface area contributed by atoms with Gasteiger partial charge in [-0.1, -0.05) is 19.3 Å². The summed E-state index contributed by atoms with van der Waals surface area (Å²) in [5.74, 6) is -1.15. The van der Waals surface area contributed by atoms with E-state index >= 15 is 0 Å². The molecule has 1 aliphatic carbocycles. The number of halogens is 3. The first-order valence-corrected chi connectivity index (χ1v) is 8.02. The van der Waals surface area contributed by atoms with Crippen LogP contribution in [0.4, 0.5) is 13.2 Å². The molecule has 20 heavy (non-hydrogen) atoms. The topological polar surface area (TPSA) is 15.3 Å². The molecule has 5 heteroatoms. The summed E-state index contributed by atoms with van der Waals surface area (Å²) in [7, 11) is 0. The van der Waals surface area contributed by atoms with Gasteiger partial charge in [0.25, 0.3) is 0 Å². The van der Waals surface area contributed by atoms with Gasteiger partial charge in [-0.3, -0.25) is 0 Å². The highest BCUT2D eigenvalue weighted by Gasteiger charge is 2.45. The Bertz CT molecular complexity index is 287. The lowest BCUT2D eigenvalue weighted by Crippen LogP contribution is -2.51. The predicted molar refractivity (Wildman–Crippen MR) is 74.7 cm³/mol. The Morgan fingerprint density at radius 1 is 1.05 bits per heavy atom. The second-order valence-corrected chi connectivity index (χ2v) is 6.47. The SMILES string of the molecule is CC(CN1CCCCC1)NC1CCCCC1C(F)(F)F. The molecule has 2 nitrogen and oxygen atoms in total. The Morgan fingerprint density at radius 3 is 2.35 bits per heavy atom. The van der Waals surface area contributed by atoms with Gasteiger partial charge in [0.05, 0.1) is 5.92 Å². The summed E-state index contributed by atoms with van der Waals surface area (Å²) in [4.78, 5) is 2.38. The van der Waals surface area contributed by atoms with Gasteiger partial charge in [0.1, 0.15) is 0 Å². The molecular formula is C15H27F3N2. The molecule has 118 valence electrons. The average molecular weight is 292 g/mol. The van der Waals surface area contributed by atoms with Crippen molar-refractivity contribution in [1.29, 1.82) is 0 Å². The van der Waals surface area contributed by atoms with Crippen molar-refractivity contribution in [3.8, 4) is 0 Å². The summed E-state index contributed by atoms with van der Waals surface area (Å²) in [5, 5.41) is 3.26. The maximum atomic E-state index is 13.0. The molecule has 1 heterocycles. The highest BCUT2D eigenvalue weighted by atomic mass is 19.4. The predicted octanol–water partition coefficient (Wildman–Crippen LogP) is 3.57. The fraction of sp³-hybridized carbons (Fsp3) is 1.00. The molecule has 0 aromatic heterocycles. The normalized spacial score (nSPS) is 31.2. The van der Waals surface area contributed by atoms with Gasteiger partial charge in [-0.05, 0) is 45.7 Å². The summed E-state index contributed by atoms with van der Waals surface area (Å²) in [6.45, 7) is 5.09. The monoisotopic (exact) mass is 292 g/mol. The molecule has 0 amide bonds. The third kappa shape index (κ3) is 4.62. The standard InChI is InChI=1S/C15H27F3N2/c1-12(11-20-9-5-2-6-10-20)19-14-8-4-3-7-13(14)15(16,17)18/h12-14,19H,2-11H2,1H3. The first kappa shape index (κ1) is 16.1. The molecular weight excluding hydrogens is 265 g/mol. The molecule has 1 saturated heterocycles. The van der Waals surface area contributed by atoms with Crippen molar-refractivity contribution < 1.29 is 13.2 Å². The van der Waals surface area contributed by atoms with Gasteiger partial charge in [-0.2, -0.15) is 13.2 Å². The van der Waals surface area contributed by atoms with Crippen molar-refractivity contribution in [2.24, 2.45) is 5.92 Å². The Morgan fingerprint density at radius 2 is 1.70 bits per heavy atom. The second kappa shape index (κ2) is 7.12. The molecule has 2 rings (SSSR count). The van der Waals surface area contributed by atoms with Gasteiger partial charge in [0.2, 0.25) is 0 Å². The van der Waals surface area contributed by atoms with Crippen molar-refractivity contribution in [2.75, 3.05) is 19.6 Å². The summed E-state index contributed by atoms with van der Waals surface area (Å²) in [5.41, 5.74) is 0. The van der Waals surface area contributed by atoms with E-state index in [1.165, 1.54) is 19.3 Å². The lowest BCUT2D eigenvalue weighted by molar-refractivity contribution is -0.189. The zero-order valence-corrected chi connectivity index (χ0v) is 12.4. The van der Waals surface area contributed by atoms with Crippen LogP contribution in [0.5, 0.6) is 0 Å². The Balaban J connectivity index is 1.83. The van der Waals surface area contributed by atoms with E-state index in [-0.39, 0.29) is 18.5 Å². The second-order valence-electron chi connectivity index (χ2n) is 6.47. The summed E-state index contributed by atoms with van der Waals surface area (Å²) >= 11 is 0. The number of likely N-dealkylation sites (tertiary alicyclic amines) is 1. The molecule has 0 bridgehead atoms. The van der Waals surface area contributed by atoms with Gasteiger partial charge < -0.3 is 10.2 Å². The number of nitrogens with zero attached hydrogens (tertiary/aromatic N) is 1. The number of nitrogens with one attached hydrogen (secondary N) is 1. The molecule has 0 spiro atoms. The highest BCUT2D eigenvalue weighted by Crippen LogP contribution is 2.37. The van der Waals surface area contributed by atoms with E-state index in [1.807, 2.05) is 6.92 Å². The van der Waals surface area contributed by atoms with Crippen molar-refractivity contribution in [1.82, 2.24) is 10.2 Å². The molecule has 1 aliphatic heterocycles. The van der Waals surface area contributed by atoms with Gasteiger partial charge in [-0.25, -0.2) is 0 Å². The summed E-state index contributed by atoms with van der Waals surface area (Å²) in [6, 6.07) is -0.246. The minimum absolute atomic E-state index is 0.140. The van der Waals surface area contributed by atoms with E-state index in [1.54, 1.807) is 0 Å². The average Bonchev–Trinajstić information content (AvgIpc) is 2.39. The van der Waals surface area contributed by atoms with Crippen LogP contribution < -0.4 is 5.32 Å². The zero-order valence-electron chi connectivity index (χ0n) is 12.4. The van der Waals surface area contributed by atoms with Gasteiger partial charge in [0.15, 0.2) is 0 Å². The van der Waals surface area contributed by atoms with Crippen LogP contribution in [-0.4, -0.2) is 42.8 Å². The smallest absolute Gasteiger partial charge is 0.310 e. The number of alkyl halides is 3. The van der Waals surface area contributed by atoms with E-state index in [0.717, 1.165) is 26.1 Å². The Hall–Kier alpha value is -0.290. The fourth-order valence-corrected chi connectivity index (χ4v) is 3.67. The number of hydrogen-bond donors (Lipinski definition) is 1. The van der Waals surface area contributed by atoms with E-state index in [4.69, 9.17) is 0 Å². The number of hydrogen-bond acceptors (Lipinski definition) is 2. The number of piperidine rings is 1. The van der Waals surface area contributed by atoms with Crippen LogP contribution in [0.3, 0.4) is 0 Å². The van der Waals surface area contributed by atoms with Crippen LogP contribution in [0, 0.1) is 5.92 Å². The Kier molecular flexibility index (Phi) is 5.73. The van der Waals surface area contributed by atoms with Crippen molar-refractivity contribution >= 4 is 0 Å². The van der Waals surface area contributed by atoms with Crippen LogP contribution in [-0.2, 0) is 0 Å². The fourth-order valence-electron chi connectivity index (χ4n) is 3.67. The third-order valence-electron chi connectivity index (χ3n) is 4.67. The van der Waals surface area contributed by atoms with Crippen LogP contribution >= 0.6 is 0 Å². The van der Waals surface area contributed by atoms with Gasteiger partial charge >= 0.3 is 6.18 Å². The summed E-state index contributed by atoms with van der Waals surface area (Å²) < 4.78 is 39.1. The van der Waals surface area contributed by atoms with E-state index < -0.39 is 12.1 Å². The van der Waals surface area contributed by atoms with E-state index in [2.05, 4.69) is 10.2 Å². The van der Waals surface area contributed by atoms with Crippen LogP contribution in [0.25, 0.3) is 0 Å². The quantitative estimate of drug-likeness (QED) is 0.852. The Labute approximate surface area is 120 Å². The van der Waals surface area contributed by atoms with Gasteiger partial charge in [0, 0.05) is 18.6 Å². The molecule has 0 aromatic carbocycles. The van der Waals surface area contributed by atoms with Crippen LogP contribution in [0.2, 0.25) is 0 Å². The van der Waals surface area contributed by atoms with Crippen LogP contribution in [0.1, 0.15) is 51.9 Å². The van der Waals surface area contributed by atoms with Crippen molar-refractivity contribution in [2.45, 2.75) is 70.1 Å². The minimum atomic E-state index is -4.05. The minimum Gasteiger partial charge on any atom is -0.310 e. The lowest BCUT2D eigenvalue weighted by atomic mass is 9.83.